The molecule has 0 spiro atoms. The van der Waals surface area contributed by atoms with Crippen molar-refractivity contribution in [3.8, 4) is 0 Å². The summed E-state index contributed by atoms with van der Waals surface area (Å²) in [5, 5.41) is 0.617. The fraction of sp³-hybridized carbons (Fsp3) is 0.364. The standard InChI is InChI=1S/C11H9BrClIN2/c1-5-6-3-2-4-16-10(6)9(15-11(16)13)8(14)7(5)12/h2-4H2,1H3. The zero-order valence-corrected chi connectivity index (χ0v) is 13.1. The third-order valence-electron chi connectivity index (χ3n) is 3.20. The van der Waals surface area contributed by atoms with E-state index < -0.39 is 0 Å². The molecular weight excluding hydrogens is 402 g/mol. The molecule has 16 heavy (non-hydrogen) atoms. The number of aromatic nitrogens is 2. The van der Waals surface area contributed by atoms with E-state index in [4.69, 9.17) is 11.6 Å². The van der Waals surface area contributed by atoms with Gasteiger partial charge in [-0.1, -0.05) is 0 Å². The van der Waals surface area contributed by atoms with Gasteiger partial charge in [-0.05, 0) is 81.0 Å². The molecule has 3 rings (SSSR count). The van der Waals surface area contributed by atoms with Crippen molar-refractivity contribution in [2.75, 3.05) is 0 Å². The predicted octanol–water partition coefficient (Wildman–Crippen LogP) is 4.31. The second kappa shape index (κ2) is 3.85. The summed E-state index contributed by atoms with van der Waals surface area (Å²) in [4.78, 5) is 4.48. The zero-order chi connectivity index (χ0) is 11.4. The first-order chi connectivity index (χ1) is 7.61. The van der Waals surface area contributed by atoms with E-state index in [0.29, 0.717) is 5.28 Å². The summed E-state index contributed by atoms with van der Waals surface area (Å²) in [5.74, 6) is 0. The highest BCUT2D eigenvalue weighted by Crippen LogP contribution is 2.38. The quantitative estimate of drug-likeness (QED) is 0.591. The molecule has 0 N–H and O–H groups in total. The molecule has 84 valence electrons. The van der Waals surface area contributed by atoms with Crippen LogP contribution in [0.1, 0.15) is 17.5 Å². The van der Waals surface area contributed by atoms with Gasteiger partial charge in [-0.3, -0.25) is 0 Å². The van der Waals surface area contributed by atoms with Crippen molar-refractivity contribution in [3.05, 3.63) is 24.5 Å². The molecule has 0 amide bonds. The molecule has 0 atom stereocenters. The molecule has 1 aromatic heterocycles. The second-order valence-electron chi connectivity index (χ2n) is 4.06. The van der Waals surface area contributed by atoms with Crippen LogP contribution < -0.4 is 0 Å². The maximum atomic E-state index is 6.18. The highest BCUT2D eigenvalue weighted by molar-refractivity contribution is 14.1. The molecule has 0 aliphatic carbocycles. The van der Waals surface area contributed by atoms with E-state index in [1.807, 2.05) is 0 Å². The Hall–Kier alpha value is 0.190. The lowest BCUT2D eigenvalue weighted by Crippen LogP contribution is -2.09. The van der Waals surface area contributed by atoms with E-state index in [9.17, 15) is 0 Å². The van der Waals surface area contributed by atoms with Gasteiger partial charge in [-0.2, -0.15) is 0 Å². The summed E-state index contributed by atoms with van der Waals surface area (Å²) in [6, 6.07) is 0. The summed E-state index contributed by atoms with van der Waals surface area (Å²) in [7, 11) is 0. The summed E-state index contributed by atoms with van der Waals surface area (Å²) in [5.41, 5.74) is 5.00. The number of aryl methyl sites for hydroxylation is 2. The van der Waals surface area contributed by atoms with E-state index in [0.717, 1.165) is 28.5 Å². The summed E-state index contributed by atoms with van der Waals surface area (Å²) < 4.78 is 4.47. The molecule has 0 bridgehead atoms. The number of rotatable bonds is 0. The molecule has 0 radical (unpaired) electrons. The molecule has 1 aromatic carbocycles. The van der Waals surface area contributed by atoms with Gasteiger partial charge in [0.05, 0.1) is 9.09 Å². The first kappa shape index (κ1) is 11.3. The number of nitrogens with zero attached hydrogens (tertiary/aromatic N) is 2. The zero-order valence-electron chi connectivity index (χ0n) is 8.65. The van der Waals surface area contributed by atoms with Crippen molar-refractivity contribution in [2.45, 2.75) is 26.3 Å². The Morgan fingerprint density at radius 1 is 1.50 bits per heavy atom. The predicted molar refractivity (Wildman–Crippen MR) is 78.2 cm³/mol. The van der Waals surface area contributed by atoms with Crippen LogP contribution in [0.15, 0.2) is 4.47 Å². The Morgan fingerprint density at radius 3 is 3.00 bits per heavy atom. The molecule has 2 heterocycles. The lowest BCUT2D eigenvalue weighted by atomic mass is 9.99. The van der Waals surface area contributed by atoms with E-state index in [1.54, 1.807) is 0 Å². The minimum atomic E-state index is 0.617. The van der Waals surface area contributed by atoms with Gasteiger partial charge in [0.25, 0.3) is 0 Å². The Kier molecular flexibility index (Phi) is 2.72. The minimum Gasteiger partial charge on any atom is -0.314 e. The van der Waals surface area contributed by atoms with Gasteiger partial charge in [-0.15, -0.1) is 0 Å². The van der Waals surface area contributed by atoms with Gasteiger partial charge in [0.1, 0.15) is 5.52 Å². The fourth-order valence-electron chi connectivity index (χ4n) is 2.39. The van der Waals surface area contributed by atoms with Crippen LogP contribution in [0.5, 0.6) is 0 Å². The highest BCUT2D eigenvalue weighted by atomic mass is 127. The van der Waals surface area contributed by atoms with Crippen molar-refractivity contribution < 1.29 is 0 Å². The van der Waals surface area contributed by atoms with E-state index in [-0.39, 0.29) is 0 Å². The molecule has 0 saturated carbocycles. The Balaban J connectivity index is 2.57. The Labute approximate surface area is 121 Å². The Morgan fingerprint density at radius 2 is 2.25 bits per heavy atom. The topological polar surface area (TPSA) is 17.8 Å². The van der Waals surface area contributed by atoms with Gasteiger partial charge in [-0.25, -0.2) is 4.98 Å². The van der Waals surface area contributed by atoms with Crippen LogP contribution in [-0.4, -0.2) is 9.55 Å². The molecule has 1 aliphatic rings. The van der Waals surface area contributed by atoms with Gasteiger partial charge in [0.2, 0.25) is 5.28 Å². The van der Waals surface area contributed by atoms with Crippen LogP contribution in [0.4, 0.5) is 0 Å². The molecule has 2 aromatic rings. The average molecular weight is 411 g/mol. The highest BCUT2D eigenvalue weighted by Gasteiger charge is 2.23. The fourth-order valence-corrected chi connectivity index (χ4v) is 3.85. The first-order valence-corrected chi connectivity index (χ1v) is 7.38. The van der Waals surface area contributed by atoms with Crippen LogP contribution in [0.2, 0.25) is 5.28 Å². The van der Waals surface area contributed by atoms with Crippen molar-refractivity contribution in [3.63, 3.8) is 0 Å². The molecule has 0 saturated heterocycles. The summed E-state index contributed by atoms with van der Waals surface area (Å²) in [6.07, 6.45) is 2.27. The van der Waals surface area contributed by atoms with Crippen molar-refractivity contribution in [1.82, 2.24) is 9.55 Å². The van der Waals surface area contributed by atoms with Crippen molar-refractivity contribution in [1.29, 1.82) is 0 Å². The molecular formula is C11H9BrClIN2. The first-order valence-electron chi connectivity index (χ1n) is 5.13. The lowest BCUT2D eigenvalue weighted by Gasteiger charge is -2.19. The number of imidazole rings is 1. The number of hydrogen-bond donors (Lipinski definition) is 0. The maximum Gasteiger partial charge on any atom is 0.203 e. The van der Waals surface area contributed by atoms with Crippen LogP contribution in [0.25, 0.3) is 11.0 Å². The molecule has 0 fully saturated rings. The Bertz CT molecular complexity index is 606. The SMILES string of the molecule is Cc1c(Br)c(I)c2nc(Cl)n3c2c1CCC3. The number of hydrogen-bond acceptors (Lipinski definition) is 1. The average Bonchev–Trinajstić information content (AvgIpc) is 2.63. The van der Waals surface area contributed by atoms with Crippen LogP contribution in [0, 0.1) is 10.5 Å². The van der Waals surface area contributed by atoms with Crippen molar-refractivity contribution >= 4 is 61.2 Å². The summed E-state index contributed by atoms with van der Waals surface area (Å²) in [6.45, 7) is 3.15. The van der Waals surface area contributed by atoms with Crippen LogP contribution in [-0.2, 0) is 13.0 Å². The van der Waals surface area contributed by atoms with Gasteiger partial charge >= 0.3 is 0 Å². The van der Waals surface area contributed by atoms with Gasteiger partial charge in [0.15, 0.2) is 0 Å². The van der Waals surface area contributed by atoms with Crippen LogP contribution >= 0.6 is 50.1 Å². The van der Waals surface area contributed by atoms with Gasteiger partial charge in [0, 0.05) is 11.0 Å². The lowest BCUT2D eigenvalue weighted by molar-refractivity contribution is 0.630. The molecule has 2 nitrogen and oxygen atoms in total. The minimum absolute atomic E-state index is 0.617. The molecule has 1 aliphatic heterocycles. The number of halogens is 3. The van der Waals surface area contributed by atoms with E-state index in [2.05, 4.69) is 55.0 Å². The third-order valence-corrected chi connectivity index (χ3v) is 6.27. The smallest absolute Gasteiger partial charge is 0.203 e. The normalized spacial score (nSPS) is 14.8. The van der Waals surface area contributed by atoms with E-state index in [1.165, 1.54) is 21.1 Å². The second-order valence-corrected chi connectivity index (χ2v) is 6.27. The molecule has 0 unspecified atom stereocenters. The van der Waals surface area contributed by atoms with Gasteiger partial charge < -0.3 is 4.57 Å². The monoisotopic (exact) mass is 410 g/mol. The molecule has 5 heteroatoms. The summed E-state index contributed by atoms with van der Waals surface area (Å²) >= 11 is 12.2. The maximum absolute atomic E-state index is 6.18. The van der Waals surface area contributed by atoms with E-state index >= 15 is 0 Å². The number of benzene rings is 1. The third kappa shape index (κ3) is 1.39. The van der Waals surface area contributed by atoms with Crippen LogP contribution in [0.3, 0.4) is 0 Å². The largest absolute Gasteiger partial charge is 0.314 e. The van der Waals surface area contributed by atoms with Crippen molar-refractivity contribution in [2.24, 2.45) is 0 Å².